The predicted molar refractivity (Wildman–Crippen MR) is 115 cm³/mol. The lowest BCUT2D eigenvalue weighted by Crippen LogP contribution is -2.49. The van der Waals surface area contributed by atoms with E-state index in [2.05, 4.69) is 27.9 Å². The highest BCUT2D eigenvalue weighted by molar-refractivity contribution is 14.1. The highest BCUT2D eigenvalue weighted by Crippen LogP contribution is 2.32. The number of nitrogens with zero attached hydrogens (tertiary/aromatic N) is 1. The summed E-state index contributed by atoms with van der Waals surface area (Å²) in [6, 6.07) is 7.41. The molecule has 1 aliphatic heterocycles. The number of halogens is 1. The standard InChI is InChI=1S/C21H31IN2O4/c1-14(26)19-18(13-25)28-24(12-16-7-9-17(22)10-8-16)20(19)21(27)23-11-15-5-3-2-4-6-15/h7-10,14-15,18-20,25-26H,2-6,11-13H2,1H3,(H,23,27)/t14-,18-,19+,20-/m1/s1. The number of hydroxylamine groups is 2. The van der Waals surface area contributed by atoms with Gasteiger partial charge in [-0.2, -0.15) is 5.06 Å². The van der Waals surface area contributed by atoms with Crippen LogP contribution in [0.2, 0.25) is 0 Å². The molecule has 1 saturated carbocycles. The first-order valence-electron chi connectivity index (χ1n) is 10.2. The molecule has 3 rings (SSSR count). The topological polar surface area (TPSA) is 82.0 Å². The quantitative estimate of drug-likeness (QED) is 0.500. The fourth-order valence-electron chi connectivity index (χ4n) is 4.39. The number of hydrogen-bond donors (Lipinski definition) is 3. The van der Waals surface area contributed by atoms with Crippen molar-refractivity contribution < 1.29 is 19.8 Å². The average molecular weight is 502 g/mol. The molecular formula is C21H31IN2O4. The number of aliphatic hydroxyl groups excluding tert-OH is 2. The van der Waals surface area contributed by atoms with Crippen LogP contribution in [0.5, 0.6) is 0 Å². The Morgan fingerprint density at radius 2 is 1.96 bits per heavy atom. The Labute approximate surface area is 180 Å². The Kier molecular flexibility index (Phi) is 8.11. The summed E-state index contributed by atoms with van der Waals surface area (Å²) in [5, 5.41) is 24.8. The summed E-state index contributed by atoms with van der Waals surface area (Å²) in [5.41, 5.74) is 1.02. The van der Waals surface area contributed by atoms with E-state index in [1.54, 1.807) is 12.0 Å². The molecule has 4 atom stereocenters. The number of amides is 1. The van der Waals surface area contributed by atoms with Gasteiger partial charge < -0.3 is 15.5 Å². The monoisotopic (exact) mass is 502 g/mol. The van der Waals surface area contributed by atoms with Crippen LogP contribution < -0.4 is 5.32 Å². The zero-order chi connectivity index (χ0) is 20.1. The molecular weight excluding hydrogens is 471 g/mol. The summed E-state index contributed by atoms with van der Waals surface area (Å²) < 4.78 is 1.14. The van der Waals surface area contributed by atoms with Crippen LogP contribution in [0.1, 0.15) is 44.6 Å². The van der Waals surface area contributed by atoms with E-state index in [4.69, 9.17) is 4.84 Å². The number of rotatable bonds is 7. The van der Waals surface area contributed by atoms with Crippen molar-refractivity contribution in [1.82, 2.24) is 10.4 Å². The predicted octanol–water partition coefficient (Wildman–Crippen LogP) is 2.46. The number of carbonyl (C=O) groups excluding carboxylic acids is 1. The third-order valence-corrected chi connectivity index (χ3v) is 6.64. The van der Waals surface area contributed by atoms with Crippen LogP contribution in [0, 0.1) is 15.4 Å². The number of benzene rings is 1. The smallest absolute Gasteiger partial charge is 0.240 e. The zero-order valence-electron chi connectivity index (χ0n) is 16.4. The van der Waals surface area contributed by atoms with Crippen molar-refractivity contribution in [1.29, 1.82) is 0 Å². The van der Waals surface area contributed by atoms with Gasteiger partial charge in [-0.25, -0.2) is 0 Å². The Bertz CT molecular complexity index is 634. The second-order valence-corrected chi connectivity index (χ2v) is 9.29. The normalized spacial score (nSPS) is 27.6. The van der Waals surface area contributed by atoms with Gasteiger partial charge in [0.25, 0.3) is 0 Å². The van der Waals surface area contributed by atoms with Crippen molar-refractivity contribution in [2.75, 3.05) is 13.2 Å². The molecule has 1 aromatic rings. The molecule has 1 amide bonds. The van der Waals surface area contributed by atoms with E-state index >= 15 is 0 Å². The Balaban J connectivity index is 1.72. The maximum Gasteiger partial charge on any atom is 0.240 e. The van der Waals surface area contributed by atoms with E-state index in [0.717, 1.165) is 22.0 Å². The summed E-state index contributed by atoms with van der Waals surface area (Å²) in [4.78, 5) is 19.0. The Morgan fingerprint density at radius 3 is 2.57 bits per heavy atom. The van der Waals surface area contributed by atoms with Gasteiger partial charge in [-0.1, -0.05) is 31.4 Å². The van der Waals surface area contributed by atoms with Crippen molar-refractivity contribution in [3.8, 4) is 0 Å². The largest absolute Gasteiger partial charge is 0.394 e. The van der Waals surface area contributed by atoms with Crippen molar-refractivity contribution in [3.63, 3.8) is 0 Å². The summed E-state index contributed by atoms with van der Waals surface area (Å²) in [7, 11) is 0. The van der Waals surface area contributed by atoms with E-state index in [0.29, 0.717) is 19.0 Å². The van der Waals surface area contributed by atoms with Crippen molar-refractivity contribution >= 4 is 28.5 Å². The van der Waals surface area contributed by atoms with E-state index < -0.39 is 24.2 Å². The lowest BCUT2D eigenvalue weighted by molar-refractivity contribution is -0.181. The molecule has 3 N–H and O–H groups in total. The molecule has 0 spiro atoms. The fraction of sp³-hybridized carbons (Fsp3) is 0.667. The maximum atomic E-state index is 13.1. The second kappa shape index (κ2) is 10.3. The first kappa shape index (κ1) is 22.0. The third kappa shape index (κ3) is 5.44. The molecule has 0 unspecified atom stereocenters. The van der Waals surface area contributed by atoms with Crippen LogP contribution in [0.3, 0.4) is 0 Å². The van der Waals surface area contributed by atoms with Gasteiger partial charge >= 0.3 is 0 Å². The zero-order valence-corrected chi connectivity index (χ0v) is 18.5. The van der Waals surface area contributed by atoms with E-state index in [-0.39, 0.29) is 12.5 Å². The lowest BCUT2D eigenvalue weighted by Gasteiger charge is -2.28. The summed E-state index contributed by atoms with van der Waals surface area (Å²) in [6.45, 7) is 2.53. The minimum Gasteiger partial charge on any atom is -0.394 e. The van der Waals surface area contributed by atoms with E-state index in [9.17, 15) is 15.0 Å². The molecule has 1 saturated heterocycles. The molecule has 28 heavy (non-hydrogen) atoms. The molecule has 0 radical (unpaired) electrons. The van der Waals surface area contributed by atoms with Crippen LogP contribution in [0.25, 0.3) is 0 Å². The average Bonchev–Trinajstić information content (AvgIpc) is 3.07. The highest BCUT2D eigenvalue weighted by Gasteiger charge is 2.49. The van der Waals surface area contributed by atoms with Gasteiger partial charge in [-0.3, -0.25) is 9.63 Å². The molecule has 0 aromatic heterocycles. The second-order valence-electron chi connectivity index (χ2n) is 8.04. The Morgan fingerprint density at radius 1 is 1.29 bits per heavy atom. The van der Waals surface area contributed by atoms with Crippen LogP contribution >= 0.6 is 22.6 Å². The van der Waals surface area contributed by atoms with Crippen molar-refractivity contribution in [3.05, 3.63) is 33.4 Å². The number of aliphatic hydroxyl groups is 2. The number of nitrogens with one attached hydrogen (secondary N) is 1. The third-order valence-electron chi connectivity index (χ3n) is 5.92. The first-order chi connectivity index (χ1) is 13.5. The molecule has 156 valence electrons. The van der Waals surface area contributed by atoms with Gasteiger partial charge in [-0.05, 0) is 66.0 Å². The van der Waals surface area contributed by atoms with Gasteiger partial charge in [0.1, 0.15) is 12.1 Å². The highest BCUT2D eigenvalue weighted by atomic mass is 127. The molecule has 1 heterocycles. The maximum absolute atomic E-state index is 13.1. The fourth-order valence-corrected chi connectivity index (χ4v) is 4.75. The molecule has 1 aliphatic carbocycles. The van der Waals surface area contributed by atoms with Gasteiger partial charge in [0.15, 0.2) is 0 Å². The Hall–Kier alpha value is -0.740. The molecule has 6 nitrogen and oxygen atoms in total. The van der Waals surface area contributed by atoms with Gasteiger partial charge in [-0.15, -0.1) is 0 Å². The van der Waals surface area contributed by atoms with E-state index in [1.807, 2.05) is 24.3 Å². The molecule has 1 aromatic carbocycles. The van der Waals surface area contributed by atoms with Crippen LogP contribution in [-0.2, 0) is 16.2 Å². The number of hydrogen-bond acceptors (Lipinski definition) is 5. The summed E-state index contributed by atoms with van der Waals surface area (Å²) >= 11 is 2.25. The van der Waals surface area contributed by atoms with Crippen molar-refractivity contribution in [2.24, 2.45) is 11.8 Å². The molecule has 7 heteroatoms. The molecule has 2 fully saturated rings. The summed E-state index contributed by atoms with van der Waals surface area (Å²) in [5.74, 6) is -0.0681. The van der Waals surface area contributed by atoms with E-state index in [1.165, 1.54) is 19.3 Å². The number of carbonyl (C=O) groups is 1. The summed E-state index contributed by atoms with van der Waals surface area (Å²) in [6.07, 6.45) is 4.72. The molecule has 2 aliphatic rings. The minimum atomic E-state index is -0.760. The minimum absolute atomic E-state index is 0.127. The van der Waals surface area contributed by atoms with Gasteiger partial charge in [0.2, 0.25) is 5.91 Å². The van der Waals surface area contributed by atoms with Crippen LogP contribution in [0.4, 0.5) is 0 Å². The molecule has 0 bridgehead atoms. The van der Waals surface area contributed by atoms with Crippen LogP contribution in [-0.4, -0.2) is 52.6 Å². The first-order valence-corrected chi connectivity index (χ1v) is 11.3. The van der Waals surface area contributed by atoms with Crippen molar-refractivity contribution in [2.45, 2.75) is 63.8 Å². The van der Waals surface area contributed by atoms with Gasteiger partial charge in [0, 0.05) is 16.0 Å². The van der Waals surface area contributed by atoms with Crippen LogP contribution in [0.15, 0.2) is 24.3 Å². The van der Waals surface area contributed by atoms with Gasteiger partial charge in [0.05, 0.1) is 19.3 Å². The SMILES string of the molecule is C[C@@H](O)[C@H]1[C@@H](CO)ON(Cc2ccc(I)cc2)[C@H]1C(=O)NCC1CCCCC1. The lowest BCUT2D eigenvalue weighted by atomic mass is 9.88.